The van der Waals surface area contributed by atoms with E-state index in [1.54, 1.807) is 6.07 Å². The summed E-state index contributed by atoms with van der Waals surface area (Å²) in [5, 5.41) is 10.1. The summed E-state index contributed by atoms with van der Waals surface area (Å²) in [6.07, 6.45) is 0. The largest absolute Gasteiger partial charge is 0.473 e. The van der Waals surface area contributed by atoms with Crippen LogP contribution in [-0.2, 0) is 6.61 Å². The topological polar surface area (TPSA) is 71.9 Å². The molecule has 0 radical (unpaired) electrons. The minimum Gasteiger partial charge on any atom is -0.473 e. The van der Waals surface area contributed by atoms with Crippen LogP contribution in [0.2, 0.25) is 0 Å². The van der Waals surface area contributed by atoms with Gasteiger partial charge in [-0.25, -0.2) is 4.98 Å². The standard InChI is InChI=1S/C17H13N3O/c18-10-13-9-17(20-16-4-2-1-3-15(13)16)21-11-12-5-7-14(19)8-6-12/h1-9H,11,19H2. The molecular weight excluding hydrogens is 262 g/mol. The van der Waals surface area contributed by atoms with Crippen LogP contribution in [0.3, 0.4) is 0 Å². The minimum absolute atomic E-state index is 0.385. The average molecular weight is 275 g/mol. The SMILES string of the molecule is N#Cc1cc(OCc2ccc(N)cc2)nc2ccccc12. The Labute approximate surface area is 122 Å². The first-order valence-electron chi connectivity index (χ1n) is 6.53. The van der Waals surface area contributed by atoms with Crippen LogP contribution in [0.5, 0.6) is 5.88 Å². The average Bonchev–Trinajstić information content (AvgIpc) is 2.53. The number of nitrogens with zero attached hydrogens (tertiary/aromatic N) is 2. The molecule has 3 rings (SSSR count). The number of benzene rings is 2. The molecule has 0 amide bonds. The van der Waals surface area contributed by atoms with Crippen molar-refractivity contribution in [2.45, 2.75) is 6.61 Å². The molecule has 0 bridgehead atoms. The van der Waals surface area contributed by atoms with Crippen LogP contribution in [0, 0.1) is 11.3 Å². The molecule has 4 heteroatoms. The Bertz CT molecular complexity index is 820. The summed E-state index contributed by atoms with van der Waals surface area (Å²) in [7, 11) is 0. The van der Waals surface area contributed by atoms with Crippen molar-refractivity contribution in [1.29, 1.82) is 5.26 Å². The van der Waals surface area contributed by atoms with E-state index in [9.17, 15) is 5.26 Å². The predicted octanol–water partition coefficient (Wildman–Crippen LogP) is 3.27. The van der Waals surface area contributed by atoms with Crippen LogP contribution < -0.4 is 10.5 Å². The zero-order chi connectivity index (χ0) is 14.7. The molecule has 102 valence electrons. The fraction of sp³-hybridized carbons (Fsp3) is 0.0588. The number of ether oxygens (including phenoxy) is 1. The third-order valence-electron chi connectivity index (χ3n) is 3.18. The maximum Gasteiger partial charge on any atom is 0.215 e. The van der Waals surface area contributed by atoms with Gasteiger partial charge in [0.25, 0.3) is 0 Å². The maximum atomic E-state index is 9.23. The van der Waals surface area contributed by atoms with E-state index in [2.05, 4.69) is 11.1 Å². The molecule has 1 heterocycles. The molecule has 0 aliphatic heterocycles. The number of aromatic nitrogens is 1. The fourth-order valence-electron chi connectivity index (χ4n) is 2.09. The van der Waals surface area contributed by atoms with Gasteiger partial charge >= 0.3 is 0 Å². The molecule has 0 aliphatic rings. The summed E-state index contributed by atoms with van der Waals surface area (Å²) in [5.41, 5.74) is 8.68. The van der Waals surface area contributed by atoms with Crippen molar-refractivity contribution in [3.63, 3.8) is 0 Å². The minimum atomic E-state index is 0.385. The highest BCUT2D eigenvalue weighted by molar-refractivity contribution is 5.85. The van der Waals surface area contributed by atoms with E-state index in [1.807, 2.05) is 48.5 Å². The van der Waals surface area contributed by atoms with Gasteiger partial charge in [0.05, 0.1) is 11.1 Å². The highest BCUT2D eigenvalue weighted by Crippen LogP contribution is 2.22. The third kappa shape index (κ3) is 2.77. The monoisotopic (exact) mass is 275 g/mol. The van der Waals surface area contributed by atoms with E-state index >= 15 is 0 Å². The van der Waals surface area contributed by atoms with Gasteiger partial charge in [0.1, 0.15) is 12.7 Å². The van der Waals surface area contributed by atoms with E-state index in [0.717, 1.165) is 16.5 Å². The van der Waals surface area contributed by atoms with E-state index < -0.39 is 0 Å². The van der Waals surface area contributed by atoms with Crippen molar-refractivity contribution in [3.8, 4) is 11.9 Å². The molecule has 21 heavy (non-hydrogen) atoms. The van der Waals surface area contributed by atoms with Gasteiger partial charge in [-0.2, -0.15) is 5.26 Å². The molecule has 0 atom stereocenters. The Morgan fingerprint density at radius 1 is 1.10 bits per heavy atom. The van der Waals surface area contributed by atoms with E-state index in [0.29, 0.717) is 23.7 Å². The Hall–Kier alpha value is -3.06. The Balaban J connectivity index is 1.87. The third-order valence-corrected chi connectivity index (χ3v) is 3.18. The van der Waals surface area contributed by atoms with Crippen LogP contribution in [-0.4, -0.2) is 4.98 Å². The van der Waals surface area contributed by atoms with E-state index in [4.69, 9.17) is 10.5 Å². The number of anilines is 1. The molecule has 0 unspecified atom stereocenters. The molecule has 0 saturated carbocycles. The molecule has 4 nitrogen and oxygen atoms in total. The number of pyridine rings is 1. The number of nitriles is 1. The van der Waals surface area contributed by atoms with Crippen LogP contribution in [0.15, 0.2) is 54.6 Å². The Kier molecular flexibility index (Phi) is 3.40. The molecule has 0 fully saturated rings. The first kappa shape index (κ1) is 12.9. The van der Waals surface area contributed by atoms with Gasteiger partial charge in [0.2, 0.25) is 5.88 Å². The second-order valence-electron chi connectivity index (χ2n) is 4.67. The Morgan fingerprint density at radius 3 is 2.62 bits per heavy atom. The van der Waals surface area contributed by atoms with Gasteiger partial charge in [-0.1, -0.05) is 30.3 Å². The van der Waals surface area contributed by atoms with Gasteiger partial charge in [0.15, 0.2) is 0 Å². The van der Waals surface area contributed by atoms with E-state index in [-0.39, 0.29) is 0 Å². The first-order valence-corrected chi connectivity index (χ1v) is 6.53. The van der Waals surface area contributed by atoms with E-state index in [1.165, 1.54) is 0 Å². The molecular formula is C17H13N3O. The normalized spacial score (nSPS) is 10.2. The van der Waals surface area contributed by atoms with Crippen LogP contribution in [0.1, 0.15) is 11.1 Å². The van der Waals surface area contributed by atoms with Crippen molar-refractivity contribution in [3.05, 3.63) is 65.7 Å². The lowest BCUT2D eigenvalue weighted by molar-refractivity contribution is 0.295. The number of fused-ring (bicyclic) bond motifs is 1. The highest BCUT2D eigenvalue weighted by Gasteiger charge is 2.06. The molecule has 3 aromatic rings. The predicted molar refractivity (Wildman–Crippen MR) is 81.6 cm³/mol. The van der Waals surface area contributed by atoms with Gasteiger partial charge in [0, 0.05) is 17.1 Å². The first-order chi connectivity index (χ1) is 10.3. The van der Waals surface area contributed by atoms with Crippen molar-refractivity contribution < 1.29 is 4.74 Å². The molecule has 0 saturated heterocycles. The fourth-order valence-corrected chi connectivity index (χ4v) is 2.09. The number of hydrogen-bond donors (Lipinski definition) is 1. The summed E-state index contributed by atoms with van der Waals surface area (Å²) < 4.78 is 5.68. The summed E-state index contributed by atoms with van der Waals surface area (Å²) in [5.74, 6) is 0.446. The van der Waals surface area contributed by atoms with Gasteiger partial charge < -0.3 is 10.5 Å². The quantitative estimate of drug-likeness (QED) is 0.745. The van der Waals surface area contributed by atoms with Crippen molar-refractivity contribution in [1.82, 2.24) is 4.98 Å². The van der Waals surface area contributed by atoms with Crippen LogP contribution >= 0.6 is 0 Å². The number of nitrogen functional groups attached to an aromatic ring is 1. The van der Waals surface area contributed by atoms with Gasteiger partial charge in [-0.3, -0.25) is 0 Å². The lowest BCUT2D eigenvalue weighted by Gasteiger charge is -2.08. The molecule has 2 aromatic carbocycles. The second kappa shape index (κ2) is 5.51. The number of rotatable bonds is 3. The van der Waals surface area contributed by atoms with Crippen LogP contribution in [0.4, 0.5) is 5.69 Å². The molecule has 0 spiro atoms. The van der Waals surface area contributed by atoms with Crippen molar-refractivity contribution in [2.75, 3.05) is 5.73 Å². The summed E-state index contributed by atoms with van der Waals surface area (Å²) in [6.45, 7) is 0.385. The van der Waals surface area contributed by atoms with Crippen molar-refractivity contribution >= 4 is 16.6 Å². The number of nitrogens with two attached hydrogens (primary N) is 1. The zero-order valence-electron chi connectivity index (χ0n) is 11.3. The smallest absolute Gasteiger partial charge is 0.215 e. The van der Waals surface area contributed by atoms with Gasteiger partial charge in [-0.05, 0) is 23.8 Å². The zero-order valence-corrected chi connectivity index (χ0v) is 11.3. The summed E-state index contributed by atoms with van der Waals surface area (Å²) in [4.78, 5) is 4.42. The lowest BCUT2D eigenvalue weighted by atomic mass is 10.1. The summed E-state index contributed by atoms with van der Waals surface area (Å²) >= 11 is 0. The molecule has 0 aliphatic carbocycles. The van der Waals surface area contributed by atoms with Crippen molar-refractivity contribution in [2.24, 2.45) is 0 Å². The molecule has 2 N–H and O–H groups in total. The number of para-hydroxylation sites is 1. The maximum absolute atomic E-state index is 9.23. The van der Waals surface area contributed by atoms with Crippen LogP contribution in [0.25, 0.3) is 10.9 Å². The van der Waals surface area contributed by atoms with Gasteiger partial charge in [-0.15, -0.1) is 0 Å². The lowest BCUT2D eigenvalue weighted by Crippen LogP contribution is -1.98. The Morgan fingerprint density at radius 2 is 1.86 bits per heavy atom. The number of hydrogen-bond acceptors (Lipinski definition) is 4. The highest BCUT2D eigenvalue weighted by atomic mass is 16.5. The summed E-state index contributed by atoms with van der Waals surface area (Å²) in [6, 6.07) is 18.8. The second-order valence-corrected chi connectivity index (χ2v) is 4.67. The molecule has 1 aromatic heterocycles.